The highest BCUT2D eigenvalue weighted by Gasteiger charge is 2.32. The third kappa shape index (κ3) is 4.40. The number of hydrogen-bond donors (Lipinski definition) is 2. The van der Waals surface area contributed by atoms with E-state index in [1.165, 1.54) is 0 Å². The first-order valence-corrected chi connectivity index (χ1v) is 10.2. The van der Waals surface area contributed by atoms with Crippen LogP contribution in [0.5, 0.6) is 0 Å². The molecule has 1 atom stereocenters. The molecule has 2 aliphatic rings. The van der Waals surface area contributed by atoms with Crippen molar-refractivity contribution in [2.75, 3.05) is 24.6 Å². The van der Waals surface area contributed by atoms with Crippen LogP contribution >= 0.6 is 0 Å². The molecule has 0 bridgehead atoms. The van der Waals surface area contributed by atoms with Crippen LogP contribution in [0, 0.1) is 0 Å². The molecule has 0 radical (unpaired) electrons. The van der Waals surface area contributed by atoms with Crippen molar-refractivity contribution < 1.29 is 16.8 Å². The molecule has 2 rings (SSSR count). The van der Waals surface area contributed by atoms with Gasteiger partial charge in [0.15, 0.2) is 0 Å². The van der Waals surface area contributed by atoms with Gasteiger partial charge in [-0.3, -0.25) is 0 Å². The molecule has 0 aromatic heterocycles. The van der Waals surface area contributed by atoms with E-state index >= 15 is 0 Å². The molecule has 0 aromatic carbocycles. The van der Waals surface area contributed by atoms with E-state index < -0.39 is 25.1 Å². The Bertz CT molecular complexity index is 481. The summed E-state index contributed by atoms with van der Waals surface area (Å²) in [6.07, 6.45) is 3.49. The summed E-state index contributed by atoms with van der Waals surface area (Å²) in [6, 6.07) is 0.412. The second-order valence-corrected chi connectivity index (χ2v) is 9.72. The molecule has 2 heterocycles. The van der Waals surface area contributed by atoms with E-state index in [0.29, 0.717) is 12.6 Å². The van der Waals surface area contributed by atoms with Gasteiger partial charge in [0.25, 0.3) is 0 Å². The molecule has 2 aliphatic heterocycles. The Morgan fingerprint density at radius 2 is 1.84 bits per heavy atom. The largest absolute Gasteiger partial charge is 0.314 e. The van der Waals surface area contributed by atoms with E-state index in [1.807, 2.05) is 0 Å². The van der Waals surface area contributed by atoms with Gasteiger partial charge in [0.05, 0.1) is 16.8 Å². The van der Waals surface area contributed by atoms with Gasteiger partial charge in [0, 0.05) is 12.6 Å². The molecule has 0 amide bonds. The van der Waals surface area contributed by atoms with Crippen LogP contribution in [-0.4, -0.2) is 52.7 Å². The predicted octanol–water partition coefficient (Wildman–Crippen LogP) is -0.375. The van der Waals surface area contributed by atoms with Gasteiger partial charge < -0.3 is 5.32 Å². The van der Waals surface area contributed by atoms with Crippen LogP contribution in [0.3, 0.4) is 0 Å². The highest BCUT2D eigenvalue weighted by Crippen LogP contribution is 2.18. The van der Waals surface area contributed by atoms with Crippen LogP contribution < -0.4 is 10.0 Å². The minimum Gasteiger partial charge on any atom is -0.314 e. The van der Waals surface area contributed by atoms with Crippen molar-refractivity contribution in [3.8, 4) is 0 Å². The monoisotopic (exact) mass is 310 g/mol. The van der Waals surface area contributed by atoms with Crippen LogP contribution in [0.15, 0.2) is 0 Å². The highest BCUT2D eigenvalue weighted by molar-refractivity contribution is 7.92. The van der Waals surface area contributed by atoms with E-state index in [2.05, 4.69) is 10.0 Å². The van der Waals surface area contributed by atoms with Crippen LogP contribution in [0.4, 0.5) is 0 Å². The van der Waals surface area contributed by atoms with Crippen LogP contribution in [-0.2, 0) is 19.9 Å². The van der Waals surface area contributed by atoms with Gasteiger partial charge in [-0.2, -0.15) is 0 Å². The first kappa shape index (κ1) is 15.2. The fourth-order valence-corrected chi connectivity index (χ4v) is 5.96. The lowest BCUT2D eigenvalue weighted by Crippen LogP contribution is -2.41. The normalized spacial score (nSPS) is 28.5. The van der Waals surface area contributed by atoms with Crippen LogP contribution in [0.1, 0.15) is 32.1 Å². The van der Waals surface area contributed by atoms with Crippen molar-refractivity contribution in [2.45, 2.75) is 43.4 Å². The first-order valence-electron chi connectivity index (χ1n) is 6.81. The minimum absolute atomic E-state index is 0.0112. The Kier molecular flexibility index (Phi) is 4.86. The van der Waals surface area contributed by atoms with Gasteiger partial charge in [-0.05, 0) is 38.6 Å². The quantitative estimate of drug-likeness (QED) is 0.722. The van der Waals surface area contributed by atoms with Gasteiger partial charge in [0.2, 0.25) is 10.0 Å². The Morgan fingerprint density at radius 3 is 2.42 bits per heavy atom. The Hall–Kier alpha value is -0.180. The second kappa shape index (κ2) is 6.07. The van der Waals surface area contributed by atoms with Crippen molar-refractivity contribution in [3.05, 3.63) is 0 Å². The van der Waals surface area contributed by atoms with Crippen LogP contribution in [0.25, 0.3) is 0 Å². The molecule has 2 saturated heterocycles. The third-order valence-electron chi connectivity index (χ3n) is 3.90. The van der Waals surface area contributed by atoms with E-state index in [4.69, 9.17) is 0 Å². The molecule has 19 heavy (non-hydrogen) atoms. The number of sulfone groups is 1. The molecule has 2 N–H and O–H groups in total. The summed E-state index contributed by atoms with van der Waals surface area (Å²) in [7, 11) is -6.38. The summed E-state index contributed by atoms with van der Waals surface area (Å²) in [5, 5.41) is 2.77. The Balaban J connectivity index is 1.78. The molecular weight excluding hydrogens is 288 g/mol. The summed E-state index contributed by atoms with van der Waals surface area (Å²) in [6.45, 7) is 1.45. The smallest absolute Gasteiger partial charge is 0.214 e. The third-order valence-corrected chi connectivity index (χ3v) is 7.57. The SMILES string of the molecule is O=S1(=O)CCC(S(=O)(=O)NCC[C@H]2CCCN2)CC1. The van der Waals surface area contributed by atoms with Crippen molar-refractivity contribution in [1.82, 2.24) is 10.0 Å². The maximum Gasteiger partial charge on any atom is 0.214 e. The second-order valence-electron chi connectivity index (χ2n) is 5.37. The fourth-order valence-electron chi connectivity index (χ4n) is 2.68. The average molecular weight is 310 g/mol. The minimum atomic E-state index is -3.37. The predicted molar refractivity (Wildman–Crippen MR) is 74.2 cm³/mol. The van der Waals surface area contributed by atoms with Crippen molar-refractivity contribution in [1.29, 1.82) is 0 Å². The summed E-state index contributed by atoms with van der Waals surface area (Å²) in [4.78, 5) is 0. The summed E-state index contributed by atoms with van der Waals surface area (Å²) >= 11 is 0. The lowest BCUT2D eigenvalue weighted by atomic mass is 10.2. The van der Waals surface area contributed by atoms with Gasteiger partial charge in [0.1, 0.15) is 9.84 Å². The zero-order valence-corrected chi connectivity index (χ0v) is 12.6. The van der Waals surface area contributed by atoms with Gasteiger partial charge in [-0.1, -0.05) is 0 Å². The molecule has 0 spiro atoms. The topological polar surface area (TPSA) is 92.3 Å². The average Bonchev–Trinajstić information content (AvgIpc) is 2.81. The molecule has 0 unspecified atom stereocenters. The van der Waals surface area contributed by atoms with E-state index in [0.717, 1.165) is 25.8 Å². The zero-order chi connectivity index (χ0) is 13.9. The van der Waals surface area contributed by atoms with Gasteiger partial charge in [-0.15, -0.1) is 0 Å². The van der Waals surface area contributed by atoms with E-state index in [9.17, 15) is 16.8 Å². The van der Waals surface area contributed by atoms with Gasteiger partial charge >= 0.3 is 0 Å². The standard InChI is InChI=1S/C11H22N2O4S2/c14-18(15)8-4-11(5-9-18)19(16,17)13-7-3-10-2-1-6-12-10/h10-13H,1-9H2/t10-/m1/s1. The molecule has 6 nitrogen and oxygen atoms in total. The summed E-state index contributed by atoms with van der Waals surface area (Å²) in [5.41, 5.74) is 0. The summed E-state index contributed by atoms with van der Waals surface area (Å²) < 4.78 is 49.3. The molecule has 0 aliphatic carbocycles. The van der Waals surface area contributed by atoms with Crippen molar-refractivity contribution in [3.63, 3.8) is 0 Å². The molecule has 8 heteroatoms. The summed E-state index contributed by atoms with van der Waals surface area (Å²) in [5.74, 6) is -0.0223. The lowest BCUT2D eigenvalue weighted by Gasteiger charge is -2.22. The number of rotatable bonds is 5. The fraction of sp³-hybridized carbons (Fsp3) is 1.00. The first-order chi connectivity index (χ1) is 8.89. The highest BCUT2D eigenvalue weighted by atomic mass is 32.2. The van der Waals surface area contributed by atoms with Crippen LogP contribution in [0.2, 0.25) is 0 Å². The van der Waals surface area contributed by atoms with Crippen molar-refractivity contribution in [2.24, 2.45) is 0 Å². The molecule has 0 saturated carbocycles. The maximum atomic E-state index is 12.0. The number of sulfonamides is 1. The molecule has 112 valence electrons. The molecule has 2 fully saturated rings. The maximum absolute atomic E-state index is 12.0. The Labute approximate surface area is 115 Å². The lowest BCUT2D eigenvalue weighted by molar-refractivity contribution is 0.524. The molecule has 0 aromatic rings. The molecular formula is C11H22N2O4S2. The van der Waals surface area contributed by atoms with Gasteiger partial charge in [-0.25, -0.2) is 21.6 Å². The Morgan fingerprint density at radius 1 is 1.16 bits per heavy atom. The van der Waals surface area contributed by atoms with E-state index in [1.54, 1.807) is 0 Å². The van der Waals surface area contributed by atoms with Crippen molar-refractivity contribution >= 4 is 19.9 Å². The number of nitrogens with one attached hydrogen (secondary N) is 2. The zero-order valence-electron chi connectivity index (χ0n) is 11.0. The van der Waals surface area contributed by atoms with E-state index in [-0.39, 0.29) is 24.3 Å². The number of hydrogen-bond acceptors (Lipinski definition) is 5.